The van der Waals surface area contributed by atoms with E-state index in [9.17, 15) is 18.5 Å². The SMILES string of the molecule is N#Cc1cccn1CCC(NS(=O)(=O)c1cccc2[nH]ccc12)C(=O)N1CCN2CCCCC2C1. The van der Waals surface area contributed by atoms with Crippen LogP contribution in [0, 0.1) is 11.3 Å². The third kappa shape index (κ3) is 4.85. The van der Waals surface area contributed by atoms with E-state index in [0.29, 0.717) is 36.8 Å². The van der Waals surface area contributed by atoms with Gasteiger partial charge >= 0.3 is 0 Å². The van der Waals surface area contributed by atoms with Gasteiger partial charge in [0.05, 0.1) is 4.90 Å². The Kier molecular flexibility index (Phi) is 6.65. The summed E-state index contributed by atoms with van der Waals surface area (Å²) in [5.41, 5.74) is 1.20. The van der Waals surface area contributed by atoms with E-state index in [-0.39, 0.29) is 17.2 Å². The summed E-state index contributed by atoms with van der Waals surface area (Å²) >= 11 is 0. The molecule has 184 valence electrons. The Morgan fingerprint density at radius 3 is 2.91 bits per heavy atom. The van der Waals surface area contributed by atoms with E-state index in [1.54, 1.807) is 47.3 Å². The molecule has 2 aliphatic rings. The number of carbonyl (C=O) groups excluding carboxylic acids is 1. The van der Waals surface area contributed by atoms with Gasteiger partial charge in [0.25, 0.3) is 0 Å². The lowest BCUT2D eigenvalue weighted by Gasteiger charge is -2.44. The largest absolute Gasteiger partial charge is 0.361 e. The monoisotopic (exact) mass is 494 g/mol. The van der Waals surface area contributed by atoms with Crippen LogP contribution in [0.2, 0.25) is 0 Å². The first-order chi connectivity index (χ1) is 17.0. The number of piperazine rings is 1. The Morgan fingerprint density at radius 2 is 2.06 bits per heavy atom. The molecule has 35 heavy (non-hydrogen) atoms. The maximum Gasteiger partial charge on any atom is 0.241 e. The van der Waals surface area contributed by atoms with Crippen molar-refractivity contribution in [3.8, 4) is 6.07 Å². The number of fused-ring (bicyclic) bond motifs is 2. The van der Waals surface area contributed by atoms with Crippen molar-refractivity contribution in [2.45, 2.75) is 49.2 Å². The van der Waals surface area contributed by atoms with E-state index >= 15 is 0 Å². The molecule has 1 amide bonds. The van der Waals surface area contributed by atoms with Gasteiger partial charge in [0.1, 0.15) is 17.8 Å². The molecule has 4 heterocycles. The maximum absolute atomic E-state index is 13.7. The van der Waals surface area contributed by atoms with Crippen molar-refractivity contribution in [2.24, 2.45) is 0 Å². The fourth-order valence-corrected chi connectivity index (χ4v) is 6.78. The van der Waals surface area contributed by atoms with Gasteiger partial charge in [0, 0.05) is 55.5 Å². The number of benzene rings is 1. The first-order valence-corrected chi connectivity index (χ1v) is 13.6. The molecule has 1 aromatic carbocycles. The molecule has 2 fully saturated rings. The Labute approximate surface area is 205 Å². The predicted octanol–water partition coefficient (Wildman–Crippen LogP) is 2.27. The van der Waals surface area contributed by atoms with Crippen molar-refractivity contribution >= 4 is 26.8 Å². The first-order valence-electron chi connectivity index (χ1n) is 12.1. The molecule has 9 nitrogen and oxygen atoms in total. The van der Waals surface area contributed by atoms with Crippen LogP contribution in [0.25, 0.3) is 10.9 Å². The normalized spacial score (nSPS) is 19.9. The standard InChI is InChI=1S/C25H30N6O3S/c26-17-19-6-4-13-29(19)14-10-23(25(32)31-16-15-30-12-2-1-5-20(30)18-31)28-35(33,34)24-8-3-7-22-21(24)9-11-27-22/h3-4,6-9,11,13,20,23,27-28H,1-2,5,10,12,14-16,18H2. The zero-order valence-corrected chi connectivity index (χ0v) is 20.4. The van der Waals surface area contributed by atoms with Crippen LogP contribution in [0.15, 0.2) is 53.7 Å². The van der Waals surface area contributed by atoms with Crippen LogP contribution in [-0.2, 0) is 21.4 Å². The minimum absolute atomic E-state index is 0.143. The number of amides is 1. The van der Waals surface area contributed by atoms with Gasteiger partial charge in [-0.3, -0.25) is 9.69 Å². The highest BCUT2D eigenvalue weighted by molar-refractivity contribution is 7.89. The minimum Gasteiger partial charge on any atom is -0.361 e. The number of rotatable bonds is 7. The average Bonchev–Trinajstić information content (AvgIpc) is 3.54. The molecule has 2 unspecified atom stereocenters. The molecule has 0 spiro atoms. The van der Waals surface area contributed by atoms with Gasteiger partial charge in [-0.15, -0.1) is 0 Å². The molecule has 2 saturated heterocycles. The molecule has 2 aliphatic heterocycles. The van der Waals surface area contributed by atoms with E-state index in [0.717, 1.165) is 31.4 Å². The Morgan fingerprint density at radius 1 is 1.17 bits per heavy atom. The lowest BCUT2D eigenvalue weighted by atomic mass is 9.99. The number of piperidine rings is 1. The Balaban J connectivity index is 1.40. The summed E-state index contributed by atoms with van der Waals surface area (Å²) in [5, 5.41) is 9.93. The number of sulfonamides is 1. The number of carbonyl (C=O) groups is 1. The van der Waals surface area contributed by atoms with Gasteiger partial charge in [0.2, 0.25) is 15.9 Å². The summed E-state index contributed by atoms with van der Waals surface area (Å²) in [4.78, 5) is 21.1. The molecule has 0 aliphatic carbocycles. The van der Waals surface area contributed by atoms with Crippen LogP contribution in [-0.4, -0.2) is 71.9 Å². The van der Waals surface area contributed by atoms with E-state index in [2.05, 4.69) is 20.7 Å². The highest BCUT2D eigenvalue weighted by Gasteiger charge is 2.35. The molecule has 2 N–H and O–H groups in total. The summed E-state index contributed by atoms with van der Waals surface area (Å²) in [5.74, 6) is -0.203. The highest BCUT2D eigenvalue weighted by Crippen LogP contribution is 2.24. The summed E-state index contributed by atoms with van der Waals surface area (Å²) < 4.78 is 31.5. The lowest BCUT2D eigenvalue weighted by molar-refractivity contribution is -0.136. The highest BCUT2D eigenvalue weighted by atomic mass is 32.2. The second-order valence-electron chi connectivity index (χ2n) is 9.33. The fraction of sp³-hybridized carbons (Fsp3) is 0.440. The van der Waals surface area contributed by atoms with E-state index < -0.39 is 16.1 Å². The van der Waals surface area contributed by atoms with Crippen LogP contribution >= 0.6 is 0 Å². The van der Waals surface area contributed by atoms with E-state index in [4.69, 9.17) is 0 Å². The quantitative estimate of drug-likeness (QED) is 0.523. The van der Waals surface area contributed by atoms with Crippen molar-refractivity contribution in [3.05, 3.63) is 54.5 Å². The van der Waals surface area contributed by atoms with Crippen molar-refractivity contribution in [1.82, 2.24) is 24.1 Å². The second-order valence-corrected chi connectivity index (χ2v) is 11.0. The molecule has 0 radical (unpaired) electrons. The first kappa shape index (κ1) is 23.6. The predicted molar refractivity (Wildman–Crippen MR) is 132 cm³/mol. The molecule has 2 atom stereocenters. The van der Waals surface area contributed by atoms with Crippen molar-refractivity contribution < 1.29 is 13.2 Å². The zero-order valence-electron chi connectivity index (χ0n) is 19.6. The topological polar surface area (TPSA) is 114 Å². The summed E-state index contributed by atoms with van der Waals surface area (Å²) in [6.45, 7) is 3.45. The summed E-state index contributed by atoms with van der Waals surface area (Å²) in [6.07, 6.45) is 7.13. The number of aryl methyl sites for hydroxylation is 1. The summed E-state index contributed by atoms with van der Waals surface area (Å²) in [6, 6.07) is 11.8. The third-order valence-electron chi connectivity index (χ3n) is 7.19. The van der Waals surface area contributed by atoms with E-state index in [1.165, 1.54) is 6.42 Å². The fourth-order valence-electron chi connectivity index (χ4n) is 5.33. The van der Waals surface area contributed by atoms with Crippen LogP contribution in [0.3, 0.4) is 0 Å². The average molecular weight is 495 g/mol. The smallest absolute Gasteiger partial charge is 0.241 e. The van der Waals surface area contributed by atoms with E-state index in [1.807, 2.05) is 11.0 Å². The number of aromatic amines is 1. The van der Waals surface area contributed by atoms with Crippen LogP contribution in [0.1, 0.15) is 31.4 Å². The third-order valence-corrected chi connectivity index (χ3v) is 8.72. The van der Waals surface area contributed by atoms with Crippen molar-refractivity contribution in [2.75, 3.05) is 26.2 Å². The zero-order chi connectivity index (χ0) is 24.4. The second kappa shape index (κ2) is 9.85. The number of nitriles is 1. The number of nitrogens with zero attached hydrogens (tertiary/aromatic N) is 4. The number of aromatic nitrogens is 2. The number of H-pyrrole nitrogens is 1. The van der Waals surface area contributed by atoms with Gasteiger partial charge in [-0.1, -0.05) is 12.5 Å². The Bertz CT molecular complexity index is 1350. The minimum atomic E-state index is -3.97. The van der Waals surface area contributed by atoms with Gasteiger partial charge in [0.15, 0.2) is 0 Å². The van der Waals surface area contributed by atoms with Gasteiger partial charge in [-0.05, 0) is 56.1 Å². The van der Waals surface area contributed by atoms with Gasteiger partial charge in [-0.25, -0.2) is 8.42 Å². The van der Waals surface area contributed by atoms with Crippen LogP contribution in [0.4, 0.5) is 0 Å². The number of hydrogen-bond donors (Lipinski definition) is 2. The summed E-state index contributed by atoms with van der Waals surface area (Å²) in [7, 11) is -3.97. The van der Waals surface area contributed by atoms with Crippen molar-refractivity contribution in [3.63, 3.8) is 0 Å². The molecule has 10 heteroatoms. The van der Waals surface area contributed by atoms with Crippen LogP contribution < -0.4 is 4.72 Å². The van der Waals surface area contributed by atoms with Gasteiger partial charge in [-0.2, -0.15) is 9.98 Å². The molecule has 3 aromatic rings. The van der Waals surface area contributed by atoms with Crippen molar-refractivity contribution in [1.29, 1.82) is 5.26 Å². The van der Waals surface area contributed by atoms with Crippen LogP contribution in [0.5, 0.6) is 0 Å². The molecule has 2 aromatic heterocycles. The van der Waals surface area contributed by atoms with Gasteiger partial charge < -0.3 is 14.5 Å². The molecule has 5 rings (SSSR count). The molecule has 0 bridgehead atoms. The molecular weight excluding hydrogens is 464 g/mol. The molecular formula is C25H30N6O3S. The maximum atomic E-state index is 13.7. The Hall–Kier alpha value is -3.13. The number of nitrogens with one attached hydrogen (secondary N) is 2. The number of hydrogen-bond acceptors (Lipinski definition) is 5. The molecule has 0 saturated carbocycles. The lowest BCUT2D eigenvalue weighted by Crippen LogP contribution is -2.59.